The Kier molecular flexibility index (Phi) is 5.90. The highest BCUT2D eigenvalue weighted by atomic mass is 16.5. The molecule has 1 fully saturated rings. The molecule has 1 N–H and O–H groups in total. The number of esters is 1. The minimum atomic E-state index is -0.392. The van der Waals surface area contributed by atoms with Gasteiger partial charge in [0.05, 0.1) is 18.1 Å². The monoisotopic (exact) mass is 369 g/mol. The van der Waals surface area contributed by atoms with E-state index in [1.165, 1.54) is 0 Å². The second-order valence-electron chi connectivity index (χ2n) is 6.38. The van der Waals surface area contributed by atoms with Crippen molar-refractivity contribution in [3.05, 3.63) is 54.4 Å². The molecule has 7 heteroatoms. The maximum absolute atomic E-state index is 12.4. The number of amides is 2. The summed E-state index contributed by atoms with van der Waals surface area (Å²) in [5.74, 6) is -0.964. The summed E-state index contributed by atoms with van der Waals surface area (Å²) in [4.78, 5) is 38.0. The van der Waals surface area contributed by atoms with Gasteiger partial charge in [0.1, 0.15) is 0 Å². The number of carbonyl (C=O) groups is 3. The Balaban J connectivity index is 1.55. The Bertz CT molecular complexity index is 799. The van der Waals surface area contributed by atoms with E-state index < -0.39 is 5.97 Å². The van der Waals surface area contributed by atoms with Crippen LogP contribution in [-0.2, 0) is 20.9 Å². The lowest BCUT2D eigenvalue weighted by molar-refractivity contribution is -0.126. The topological polar surface area (TPSA) is 80.6 Å². The van der Waals surface area contributed by atoms with Crippen molar-refractivity contribution in [3.63, 3.8) is 0 Å². The van der Waals surface area contributed by atoms with Gasteiger partial charge in [-0.1, -0.05) is 0 Å². The summed E-state index contributed by atoms with van der Waals surface area (Å²) >= 11 is 0. The molecule has 2 amide bonds. The number of nitrogens with zero attached hydrogens (tertiary/aromatic N) is 2. The van der Waals surface area contributed by atoms with E-state index in [-0.39, 0.29) is 24.2 Å². The quantitative estimate of drug-likeness (QED) is 0.755. The lowest BCUT2D eigenvalue weighted by atomic mass is 10.1. The maximum atomic E-state index is 12.4. The molecule has 0 radical (unpaired) electrons. The largest absolute Gasteiger partial charge is 0.462 e. The van der Waals surface area contributed by atoms with Gasteiger partial charge < -0.3 is 19.5 Å². The first-order valence-corrected chi connectivity index (χ1v) is 9.04. The Morgan fingerprint density at radius 1 is 1.19 bits per heavy atom. The number of ether oxygens (including phenoxy) is 1. The molecule has 2 heterocycles. The van der Waals surface area contributed by atoms with E-state index in [2.05, 4.69) is 5.32 Å². The molecule has 142 valence electrons. The van der Waals surface area contributed by atoms with E-state index in [1.807, 2.05) is 29.1 Å². The van der Waals surface area contributed by atoms with Crippen molar-refractivity contribution >= 4 is 23.5 Å². The summed E-state index contributed by atoms with van der Waals surface area (Å²) in [5, 5.41) is 2.89. The third-order valence-electron chi connectivity index (χ3n) is 4.52. The highest BCUT2D eigenvalue weighted by Crippen LogP contribution is 2.25. The molecule has 3 rings (SSSR count). The van der Waals surface area contributed by atoms with E-state index >= 15 is 0 Å². The smallest absolute Gasteiger partial charge is 0.338 e. The van der Waals surface area contributed by atoms with Crippen LogP contribution in [0.2, 0.25) is 0 Å². The molecular weight excluding hydrogens is 346 g/mol. The van der Waals surface area contributed by atoms with E-state index in [1.54, 1.807) is 36.1 Å². The first kappa shape index (κ1) is 18.7. The van der Waals surface area contributed by atoms with E-state index in [4.69, 9.17) is 4.74 Å². The van der Waals surface area contributed by atoms with Gasteiger partial charge in [-0.3, -0.25) is 9.59 Å². The van der Waals surface area contributed by atoms with Crippen LogP contribution in [0.15, 0.2) is 48.8 Å². The van der Waals surface area contributed by atoms with Gasteiger partial charge in [-0.2, -0.15) is 0 Å². The lowest BCUT2D eigenvalue weighted by Crippen LogP contribution is -2.34. The van der Waals surface area contributed by atoms with Crippen LogP contribution < -0.4 is 10.2 Å². The van der Waals surface area contributed by atoms with Crippen molar-refractivity contribution in [1.29, 1.82) is 0 Å². The zero-order chi connectivity index (χ0) is 19.2. The van der Waals surface area contributed by atoms with Crippen LogP contribution in [0, 0.1) is 5.92 Å². The first-order valence-electron chi connectivity index (χ1n) is 9.04. The van der Waals surface area contributed by atoms with Crippen molar-refractivity contribution in [1.82, 2.24) is 9.88 Å². The van der Waals surface area contributed by atoms with Crippen LogP contribution in [-0.4, -0.2) is 42.0 Å². The molecule has 7 nitrogen and oxygen atoms in total. The predicted molar refractivity (Wildman–Crippen MR) is 100 cm³/mol. The summed E-state index contributed by atoms with van der Waals surface area (Å²) in [5.41, 5.74) is 1.11. The molecule has 0 bridgehead atoms. The zero-order valence-electron chi connectivity index (χ0n) is 15.3. The Morgan fingerprint density at radius 2 is 1.89 bits per heavy atom. The van der Waals surface area contributed by atoms with Gasteiger partial charge in [0.2, 0.25) is 11.8 Å². The maximum Gasteiger partial charge on any atom is 0.338 e. The predicted octanol–water partition coefficient (Wildman–Crippen LogP) is 1.83. The highest BCUT2D eigenvalue weighted by Gasteiger charge is 2.35. The fraction of sp³-hybridized carbons (Fsp3) is 0.350. The number of hydrogen-bond donors (Lipinski definition) is 1. The number of carbonyl (C=O) groups excluding carboxylic acids is 3. The van der Waals surface area contributed by atoms with Crippen LogP contribution in [0.5, 0.6) is 0 Å². The number of nitrogens with one attached hydrogen (secondary N) is 1. The molecule has 0 spiro atoms. The molecule has 0 unspecified atom stereocenters. The Labute approximate surface area is 157 Å². The molecule has 1 aromatic heterocycles. The van der Waals surface area contributed by atoms with Gasteiger partial charge in [-0.05, 0) is 43.3 Å². The molecule has 1 atom stereocenters. The summed E-state index contributed by atoms with van der Waals surface area (Å²) in [7, 11) is 0. The van der Waals surface area contributed by atoms with Crippen LogP contribution in [0.4, 0.5) is 5.69 Å². The minimum absolute atomic E-state index is 0.0931. The minimum Gasteiger partial charge on any atom is -0.462 e. The SMILES string of the molecule is CCOC(=O)c1ccc(N2C[C@@H](C(=O)NCCn3cccc3)CC2=O)cc1. The van der Waals surface area contributed by atoms with E-state index in [9.17, 15) is 14.4 Å². The average Bonchev–Trinajstić information content (AvgIpc) is 3.32. The number of rotatable bonds is 7. The second-order valence-corrected chi connectivity index (χ2v) is 6.38. The van der Waals surface area contributed by atoms with Crippen molar-refractivity contribution in [3.8, 4) is 0 Å². The summed E-state index contributed by atoms with van der Waals surface area (Å²) in [6.07, 6.45) is 4.06. The third-order valence-corrected chi connectivity index (χ3v) is 4.52. The van der Waals surface area contributed by atoms with Gasteiger partial charge in [0.25, 0.3) is 0 Å². The Hall–Kier alpha value is -3.09. The van der Waals surface area contributed by atoms with Crippen LogP contribution >= 0.6 is 0 Å². The van der Waals surface area contributed by atoms with Gasteiger partial charge in [0, 0.05) is 44.1 Å². The fourth-order valence-corrected chi connectivity index (χ4v) is 3.10. The molecular formula is C20H23N3O4. The molecule has 1 aliphatic rings. The standard InChI is InChI=1S/C20H23N3O4/c1-2-27-20(26)15-5-7-17(8-6-15)23-14-16(13-18(23)24)19(25)21-9-12-22-10-3-4-11-22/h3-8,10-11,16H,2,9,12-14H2,1H3,(H,21,25)/t16-/m0/s1. The van der Waals surface area contributed by atoms with Gasteiger partial charge >= 0.3 is 5.97 Å². The molecule has 0 aliphatic carbocycles. The van der Waals surface area contributed by atoms with Crippen molar-refractivity contribution in [2.75, 3.05) is 24.6 Å². The molecule has 1 aliphatic heterocycles. The molecule has 0 saturated carbocycles. The normalized spacial score (nSPS) is 16.4. The van der Waals surface area contributed by atoms with Gasteiger partial charge in [-0.15, -0.1) is 0 Å². The van der Waals surface area contributed by atoms with Gasteiger partial charge in [-0.25, -0.2) is 4.79 Å². The van der Waals surface area contributed by atoms with Crippen molar-refractivity contribution in [2.24, 2.45) is 5.92 Å². The lowest BCUT2D eigenvalue weighted by Gasteiger charge is -2.17. The molecule has 2 aromatic rings. The van der Waals surface area contributed by atoms with Crippen molar-refractivity contribution < 1.29 is 19.1 Å². The highest BCUT2D eigenvalue weighted by molar-refractivity contribution is 6.00. The number of benzene rings is 1. The number of hydrogen-bond acceptors (Lipinski definition) is 4. The molecule has 1 saturated heterocycles. The molecule has 1 aromatic carbocycles. The van der Waals surface area contributed by atoms with E-state index in [0.717, 1.165) is 0 Å². The third kappa shape index (κ3) is 4.55. The fourth-order valence-electron chi connectivity index (χ4n) is 3.10. The van der Waals surface area contributed by atoms with Crippen molar-refractivity contribution in [2.45, 2.75) is 19.9 Å². The molecule has 27 heavy (non-hydrogen) atoms. The van der Waals surface area contributed by atoms with Crippen LogP contribution in [0.3, 0.4) is 0 Å². The second kappa shape index (κ2) is 8.53. The summed E-state index contributed by atoms with van der Waals surface area (Å²) in [6.45, 7) is 3.61. The van der Waals surface area contributed by atoms with Crippen LogP contribution in [0.1, 0.15) is 23.7 Å². The van der Waals surface area contributed by atoms with Gasteiger partial charge in [0.15, 0.2) is 0 Å². The number of aromatic nitrogens is 1. The summed E-state index contributed by atoms with van der Waals surface area (Å²) in [6, 6.07) is 10.5. The Morgan fingerprint density at radius 3 is 2.56 bits per heavy atom. The average molecular weight is 369 g/mol. The number of anilines is 1. The first-order chi connectivity index (χ1) is 13.1. The zero-order valence-corrected chi connectivity index (χ0v) is 15.3. The van der Waals surface area contributed by atoms with Crippen LogP contribution in [0.25, 0.3) is 0 Å². The van der Waals surface area contributed by atoms with E-state index in [0.29, 0.717) is 37.5 Å². The summed E-state index contributed by atoms with van der Waals surface area (Å²) < 4.78 is 6.94.